The zero-order chi connectivity index (χ0) is 19.5. The lowest BCUT2D eigenvalue weighted by Crippen LogP contribution is -2.41. The molecular formula is C20H26N6O2. The fourth-order valence-corrected chi connectivity index (χ4v) is 3.53. The molecule has 8 nitrogen and oxygen atoms in total. The van der Waals surface area contributed by atoms with E-state index in [-0.39, 0.29) is 5.91 Å². The predicted octanol–water partition coefficient (Wildman–Crippen LogP) is 1.56. The van der Waals surface area contributed by atoms with E-state index >= 15 is 0 Å². The number of amides is 1. The Hall–Kier alpha value is -2.71. The second kappa shape index (κ2) is 8.12. The summed E-state index contributed by atoms with van der Waals surface area (Å²) in [6, 6.07) is 5.85. The Morgan fingerprint density at radius 3 is 2.75 bits per heavy atom. The van der Waals surface area contributed by atoms with E-state index in [1.165, 1.54) is 0 Å². The maximum Gasteiger partial charge on any atom is 0.274 e. The molecule has 148 valence electrons. The molecule has 28 heavy (non-hydrogen) atoms. The molecule has 1 saturated heterocycles. The predicted molar refractivity (Wildman–Crippen MR) is 105 cm³/mol. The molecule has 1 aliphatic rings. The summed E-state index contributed by atoms with van der Waals surface area (Å²) in [4.78, 5) is 26.4. The van der Waals surface area contributed by atoms with Gasteiger partial charge in [-0.05, 0) is 18.7 Å². The average Bonchev–Trinajstić information content (AvgIpc) is 3.31. The number of ether oxygens (including phenoxy) is 1. The summed E-state index contributed by atoms with van der Waals surface area (Å²) in [7, 11) is 2.00. The number of hydrogen-bond acceptors (Lipinski definition) is 5. The van der Waals surface area contributed by atoms with Crippen molar-refractivity contribution in [2.45, 2.75) is 20.0 Å². The molecule has 1 amide bonds. The molecule has 0 bridgehead atoms. The summed E-state index contributed by atoms with van der Waals surface area (Å²) >= 11 is 0. The van der Waals surface area contributed by atoms with Crippen molar-refractivity contribution in [2.24, 2.45) is 7.05 Å². The van der Waals surface area contributed by atoms with Gasteiger partial charge in [0.1, 0.15) is 11.5 Å². The maximum absolute atomic E-state index is 13.2. The van der Waals surface area contributed by atoms with Gasteiger partial charge in [0.2, 0.25) is 0 Å². The Balaban J connectivity index is 1.66. The van der Waals surface area contributed by atoms with Gasteiger partial charge in [-0.1, -0.05) is 13.0 Å². The third-order valence-electron chi connectivity index (χ3n) is 5.24. The van der Waals surface area contributed by atoms with E-state index in [0.29, 0.717) is 45.1 Å². The monoisotopic (exact) mass is 382 g/mol. The van der Waals surface area contributed by atoms with Crippen molar-refractivity contribution >= 4 is 11.6 Å². The SMILES string of the molecule is CCN(Cc1nccn1C)Cc1c(C(=O)N2CCOCC2)nc2ccccn12. The normalized spacial score (nSPS) is 14.9. The Morgan fingerprint density at radius 1 is 1.21 bits per heavy atom. The van der Waals surface area contributed by atoms with Crippen molar-refractivity contribution in [3.05, 3.63) is 54.0 Å². The Labute approximate surface area is 164 Å². The molecule has 0 atom stereocenters. The van der Waals surface area contributed by atoms with E-state index < -0.39 is 0 Å². The van der Waals surface area contributed by atoms with Crippen LogP contribution in [0, 0.1) is 0 Å². The van der Waals surface area contributed by atoms with E-state index in [2.05, 4.69) is 21.8 Å². The molecule has 0 spiro atoms. The van der Waals surface area contributed by atoms with Crippen LogP contribution >= 0.6 is 0 Å². The highest BCUT2D eigenvalue weighted by molar-refractivity contribution is 5.94. The number of carbonyl (C=O) groups excluding carboxylic acids is 1. The molecule has 4 heterocycles. The van der Waals surface area contributed by atoms with Gasteiger partial charge in [-0.15, -0.1) is 0 Å². The molecule has 8 heteroatoms. The average molecular weight is 382 g/mol. The molecule has 0 aromatic carbocycles. The molecule has 1 aliphatic heterocycles. The number of carbonyl (C=O) groups is 1. The minimum Gasteiger partial charge on any atom is -0.378 e. The second-order valence-corrected chi connectivity index (χ2v) is 7.00. The number of fused-ring (bicyclic) bond motifs is 1. The van der Waals surface area contributed by atoms with Gasteiger partial charge in [-0.25, -0.2) is 9.97 Å². The maximum atomic E-state index is 13.2. The van der Waals surface area contributed by atoms with E-state index in [1.807, 2.05) is 57.7 Å². The van der Waals surface area contributed by atoms with Crippen LogP contribution in [0.1, 0.15) is 28.9 Å². The fourth-order valence-electron chi connectivity index (χ4n) is 3.53. The van der Waals surface area contributed by atoms with Gasteiger partial charge in [0.15, 0.2) is 5.69 Å². The number of aromatic nitrogens is 4. The zero-order valence-electron chi connectivity index (χ0n) is 16.4. The smallest absolute Gasteiger partial charge is 0.274 e. The van der Waals surface area contributed by atoms with Crippen molar-refractivity contribution in [1.29, 1.82) is 0 Å². The van der Waals surface area contributed by atoms with E-state index in [4.69, 9.17) is 4.74 Å². The first-order chi connectivity index (χ1) is 13.7. The van der Waals surface area contributed by atoms with Crippen molar-refractivity contribution in [3.8, 4) is 0 Å². The number of hydrogen-bond donors (Lipinski definition) is 0. The first kappa shape index (κ1) is 18.6. The number of pyridine rings is 1. The molecule has 0 aliphatic carbocycles. The van der Waals surface area contributed by atoms with Gasteiger partial charge < -0.3 is 18.6 Å². The Bertz CT molecular complexity index is 957. The second-order valence-electron chi connectivity index (χ2n) is 7.00. The van der Waals surface area contributed by atoms with Gasteiger partial charge in [0.05, 0.1) is 25.5 Å². The molecule has 0 unspecified atom stereocenters. The molecular weight excluding hydrogens is 356 g/mol. The molecule has 3 aromatic rings. The van der Waals surface area contributed by atoms with Crippen LogP contribution in [0.25, 0.3) is 5.65 Å². The minimum atomic E-state index is -0.0185. The van der Waals surface area contributed by atoms with Gasteiger partial charge in [0, 0.05) is 45.3 Å². The standard InChI is InChI=1S/C20H26N6O2/c1-3-24(15-18-21-7-9-23(18)2)14-16-19(20(27)25-10-12-28-13-11-25)22-17-6-4-5-8-26(16)17/h4-9H,3,10-15H2,1-2H3. The van der Waals surface area contributed by atoms with Crippen molar-refractivity contribution in [2.75, 3.05) is 32.8 Å². The van der Waals surface area contributed by atoms with Crippen LogP contribution < -0.4 is 0 Å². The first-order valence-corrected chi connectivity index (χ1v) is 9.69. The van der Waals surface area contributed by atoms with Gasteiger partial charge in [0.25, 0.3) is 5.91 Å². The lowest BCUT2D eigenvalue weighted by molar-refractivity contribution is 0.0298. The summed E-state index contributed by atoms with van der Waals surface area (Å²) in [6.07, 6.45) is 5.73. The molecule has 3 aromatic heterocycles. The van der Waals surface area contributed by atoms with Crippen molar-refractivity contribution < 1.29 is 9.53 Å². The van der Waals surface area contributed by atoms with Crippen LogP contribution in [-0.2, 0) is 24.9 Å². The molecule has 1 fully saturated rings. The van der Waals surface area contributed by atoms with Gasteiger partial charge >= 0.3 is 0 Å². The minimum absolute atomic E-state index is 0.0185. The first-order valence-electron chi connectivity index (χ1n) is 9.69. The summed E-state index contributed by atoms with van der Waals surface area (Å²) in [6.45, 7) is 6.68. The molecule has 0 radical (unpaired) electrons. The van der Waals surface area contributed by atoms with E-state index in [0.717, 1.165) is 23.7 Å². The fraction of sp³-hybridized carbons (Fsp3) is 0.450. The van der Waals surface area contributed by atoms with Gasteiger partial charge in [-0.3, -0.25) is 9.69 Å². The number of nitrogens with zero attached hydrogens (tertiary/aromatic N) is 6. The summed E-state index contributed by atoms with van der Waals surface area (Å²) in [5.41, 5.74) is 2.25. The van der Waals surface area contributed by atoms with Crippen molar-refractivity contribution in [1.82, 2.24) is 28.7 Å². The van der Waals surface area contributed by atoms with Crippen LogP contribution in [0.2, 0.25) is 0 Å². The largest absolute Gasteiger partial charge is 0.378 e. The summed E-state index contributed by atoms with van der Waals surface area (Å²) < 4.78 is 9.44. The highest BCUT2D eigenvalue weighted by atomic mass is 16.5. The summed E-state index contributed by atoms with van der Waals surface area (Å²) in [5, 5.41) is 0. The number of rotatable bonds is 6. The summed E-state index contributed by atoms with van der Waals surface area (Å²) in [5.74, 6) is 0.978. The Morgan fingerprint density at radius 2 is 2.04 bits per heavy atom. The lowest BCUT2D eigenvalue weighted by Gasteiger charge is -2.27. The highest BCUT2D eigenvalue weighted by Crippen LogP contribution is 2.19. The lowest BCUT2D eigenvalue weighted by atomic mass is 10.2. The van der Waals surface area contributed by atoms with Crippen LogP contribution in [0.15, 0.2) is 36.8 Å². The van der Waals surface area contributed by atoms with Crippen LogP contribution in [0.5, 0.6) is 0 Å². The molecule has 0 N–H and O–H groups in total. The number of morpholine rings is 1. The van der Waals surface area contributed by atoms with Crippen LogP contribution in [-0.4, -0.2) is 67.5 Å². The van der Waals surface area contributed by atoms with Gasteiger partial charge in [-0.2, -0.15) is 0 Å². The molecule has 4 rings (SSSR count). The third-order valence-corrected chi connectivity index (χ3v) is 5.24. The highest BCUT2D eigenvalue weighted by Gasteiger charge is 2.26. The topological polar surface area (TPSA) is 67.9 Å². The molecule has 0 saturated carbocycles. The zero-order valence-corrected chi connectivity index (χ0v) is 16.4. The van der Waals surface area contributed by atoms with E-state index in [9.17, 15) is 4.79 Å². The Kier molecular flexibility index (Phi) is 5.40. The number of aryl methyl sites for hydroxylation is 1. The number of imidazole rings is 2. The van der Waals surface area contributed by atoms with Crippen LogP contribution in [0.3, 0.4) is 0 Å². The quantitative estimate of drug-likeness (QED) is 0.647. The van der Waals surface area contributed by atoms with E-state index in [1.54, 1.807) is 0 Å². The van der Waals surface area contributed by atoms with Crippen LogP contribution in [0.4, 0.5) is 0 Å². The third kappa shape index (κ3) is 3.65. The van der Waals surface area contributed by atoms with Crippen molar-refractivity contribution in [3.63, 3.8) is 0 Å².